The molecule has 2 amide bonds. The summed E-state index contributed by atoms with van der Waals surface area (Å²) >= 11 is 0. The summed E-state index contributed by atoms with van der Waals surface area (Å²) in [6.07, 6.45) is 1.24. The van der Waals surface area contributed by atoms with Gasteiger partial charge in [0.15, 0.2) is 5.76 Å². The topological polar surface area (TPSA) is 81.0 Å². The second kappa shape index (κ2) is 8.86. The number of ether oxygens (including phenoxy) is 2. The first-order valence-electron chi connectivity index (χ1n) is 10.0. The number of carbonyl (C=O) groups excluding carboxylic acids is 2. The molecule has 1 aromatic carbocycles. The fourth-order valence-corrected chi connectivity index (χ4v) is 3.58. The number of piperidine rings is 1. The summed E-state index contributed by atoms with van der Waals surface area (Å²) in [4.78, 5) is 26.7. The molecule has 0 aliphatic carbocycles. The Hall–Kier alpha value is -2.54. The first-order chi connectivity index (χ1) is 13.8. The van der Waals surface area contributed by atoms with Gasteiger partial charge in [0.05, 0.1) is 6.61 Å². The lowest BCUT2D eigenvalue weighted by atomic mass is 9.96. The van der Waals surface area contributed by atoms with Crippen molar-refractivity contribution < 1.29 is 23.5 Å². The summed E-state index contributed by atoms with van der Waals surface area (Å²) in [6.45, 7) is 7.66. The Balaban J connectivity index is 1.59. The van der Waals surface area contributed by atoms with Crippen molar-refractivity contribution in [1.29, 1.82) is 0 Å². The number of likely N-dealkylation sites (tertiary alicyclic amines) is 1. The molecule has 1 N–H and O–H groups in total. The van der Waals surface area contributed by atoms with Crippen LogP contribution < -0.4 is 5.32 Å². The van der Waals surface area contributed by atoms with E-state index in [9.17, 15) is 9.59 Å². The molecule has 2 aromatic rings. The first kappa shape index (κ1) is 21.2. The van der Waals surface area contributed by atoms with E-state index in [1.54, 1.807) is 7.11 Å². The van der Waals surface area contributed by atoms with E-state index in [4.69, 9.17) is 13.9 Å². The monoisotopic (exact) mass is 402 g/mol. The Kier molecular flexibility index (Phi) is 6.47. The summed E-state index contributed by atoms with van der Waals surface area (Å²) in [5.41, 5.74) is 0.980. The molecule has 7 nitrogen and oxygen atoms in total. The summed E-state index contributed by atoms with van der Waals surface area (Å²) in [7, 11) is 1.61. The van der Waals surface area contributed by atoms with Crippen molar-refractivity contribution in [2.24, 2.45) is 5.92 Å². The predicted octanol–water partition coefficient (Wildman–Crippen LogP) is 3.96. The fraction of sp³-hybridized carbons (Fsp3) is 0.545. The maximum atomic E-state index is 13.1. The fourth-order valence-electron chi connectivity index (χ4n) is 3.58. The second-order valence-electron chi connectivity index (χ2n) is 8.46. The standard InChI is InChI=1S/C22H30N2O5/c1-22(2,3)29-21(26)23-13-15-9-11-24(12-10-15)20(25)19-17(14-27-4)16-7-5-6-8-18(16)28-19/h5-8,15H,9-14H2,1-4H3,(H,23,26). The molecule has 1 saturated heterocycles. The van der Waals surface area contributed by atoms with Crippen molar-refractivity contribution in [3.8, 4) is 0 Å². The SMILES string of the molecule is COCc1c(C(=O)N2CCC(CNC(=O)OC(C)(C)C)CC2)oc2ccccc12. The van der Waals surface area contributed by atoms with E-state index in [1.165, 1.54) is 0 Å². The summed E-state index contributed by atoms with van der Waals surface area (Å²) in [5.74, 6) is 0.575. The van der Waals surface area contributed by atoms with E-state index < -0.39 is 11.7 Å². The Labute approximate surface area is 171 Å². The van der Waals surface area contributed by atoms with E-state index in [0.717, 1.165) is 23.8 Å². The number of nitrogens with zero attached hydrogens (tertiary/aromatic N) is 1. The molecular weight excluding hydrogens is 372 g/mol. The quantitative estimate of drug-likeness (QED) is 0.819. The lowest BCUT2D eigenvalue weighted by Gasteiger charge is -2.32. The van der Waals surface area contributed by atoms with Gasteiger partial charge in [-0.15, -0.1) is 0 Å². The Morgan fingerprint density at radius 3 is 2.55 bits per heavy atom. The van der Waals surface area contributed by atoms with E-state index in [2.05, 4.69) is 5.32 Å². The van der Waals surface area contributed by atoms with Gasteiger partial charge in [-0.25, -0.2) is 4.79 Å². The number of para-hydroxylation sites is 1. The van der Waals surface area contributed by atoms with Crippen molar-refractivity contribution in [1.82, 2.24) is 10.2 Å². The van der Waals surface area contributed by atoms with Gasteiger partial charge in [-0.1, -0.05) is 18.2 Å². The Morgan fingerprint density at radius 2 is 1.90 bits per heavy atom. The third-order valence-electron chi connectivity index (χ3n) is 5.02. The number of carbonyl (C=O) groups is 2. The highest BCUT2D eigenvalue weighted by Gasteiger charge is 2.29. The lowest BCUT2D eigenvalue weighted by Crippen LogP contribution is -2.42. The van der Waals surface area contributed by atoms with Crippen LogP contribution in [0.4, 0.5) is 4.79 Å². The average Bonchev–Trinajstić information content (AvgIpc) is 3.04. The number of nitrogens with one attached hydrogen (secondary N) is 1. The van der Waals surface area contributed by atoms with Gasteiger partial charge in [0.2, 0.25) is 0 Å². The number of rotatable bonds is 5. The number of hydrogen-bond acceptors (Lipinski definition) is 5. The van der Waals surface area contributed by atoms with Crippen LogP contribution in [-0.4, -0.2) is 49.2 Å². The molecule has 1 fully saturated rings. The van der Waals surface area contributed by atoms with Gasteiger partial charge in [0.25, 0.3) is 5.91 Å². The Morgan fingerprint density at radius 1 is 1.21 bits per heavy atom. The van der Waals surface area contributed by atoms with Crippen molar-refractivity contribution in [2.75, 3.05) is 26.7 Å². The molecular formula is C22H30N2O5. The molecule has 0 radical (unpaired) electrons. The van der Waals surface area contributed by atoms with Crippen molar-refractivity contribution in [2.45, 2.75) is 45.8 Å². The zero-order chi connectivity index (χ0) is 21.0. The number of fused-ring (bicyclic) bond motifs is 1. The zero-order valence-electron chi connectivity index (χ0n) is 17.6. The average molecular weight is 402 g/mol. The predicted molar refractivity (Wildman–Crippen MR) is 110 cm³/mol. The second-order valence-corrected chi connectivity index (χ2v) is 8.46. The number of hydrogen-bond donors (Lipinski definition) is 1. The van der Waals surface area contributed by atoms with Crippen LogP contribution in [0.2, 0.25) is 0 Å². The number of methoxy groups -OCH3 is 1. The maximum Gasteiger partial charge on any atom is 0.407 e. The normalized spacial score (nSPS) is 15.5. The van der Waals surface area contributed by atoms with Crippen LogP contribution >= 0.6 is 0 Å². The van der Waals surface area contributed by atoms with E-state index >= 15 is 0 Å². The highest BCUT2D eigenvalue weighted by atomic mass is 16.6. The molecule has 1 aliphatic heterocycles. The highest BCUT2D eigenvalue weighted by Crippen LogP contribution is 2.29. The van der Waals surface area contributed by atoms with Crippen LogP contribution in [0.15, 0.2) is 28.7 Å². The van der Waals surface area contributed by atoms with Crippen molar-refractivity contribution in [3.63, 3.8) is 0 Å². The number of furan rings is 1. The molecule has 29 heavy (non-hydrogen) atoms. The number of benzene rings is 1. The highest BCUT2D eigenvalue weighted by molar-refractivity contribution is 5.99. The number of amides is 2. The molecule has 2 heterocycles. The van der Waals surface area contributed by atoms with Crippen LogP contribution in [-0.2, 0) is 16.1 Å². The molecule has 0 saturated carbocycles. The molecule has 0 unspecified atom stereocenters. The third-order valence-corrected chi connectivity index (χ3v) is 5.02. The summed E-state index contributed by atoms with van der Waals surface area (Å²) in [6, 6.07) is 7.62. The maximum absolute atomic E-state index is 13.1. The molecule has 0 bridgehead atoms. The Bertz CT molecular complexity index is 860. The van der Waals surface area contributed by atoms with Crippen LogP contribution in [0.3, 0.4) is 0 Å². The summed E-state index contributed by atoms with van der Waals surface area (Å²) < 4.78 is 16.4. The molecule has 0 spiro atoms. The van der Waals surface area contributed by atoms with Crippen LogP contribution in [0, 0.1) is 5.92 Å². The van der Waals surface area contributed by atoms with Crippen LogP contribution in [0.1, 0.15) is 49.7 Å². The third kappa shape index (κ3) is 5.29. The van der Waals surface area contributed by atoms with Gasteiger partial charge >= 0.3 is 6.09 Å². The number of alkyl carbamates (subject to hydrolysis) is 1. The van der Waals surface area contributed by atoms with Crippen LogP contribution in [0.5, 0.6) is 0 Å². The molecule has 0 atom stereocenters. The smallest absolute Gasteiger partial charge is 0.407 e. The largest absolute Gasteiger partial charge is 0.451 e. The van der Waals surface area contributed by atoms with Crippen molar-refractivity contribution in [3.05, 3.63) is 35.6 Å². The molecule has 3 rings (SSSR count). The van der Waals surface area contributed by atoms with Gasteiger partial charge < -0.3 is 24.1 Å². The van der Waals surface area contributed by atoms with E-state index in [0.29, 0.717) is 43.5 Å². The molecule has 158 valence electrons. The van der Waals surface area contributed by atoms with Gasteiger partial charge in [-0.2, -0.15) is 0 Å². The first-order valence-corrected chi connectivity index (χ1v) is 10.0. The minimum atomic E-state index is -0.508. The van der Waals surface area contributed by atoms with Gasteiger partial charge in [0.1, 0.15) is 11.2 Å². The summed E-state index contributed by atoms with van der Waals surface area (Å²) in [5, 5.41) is 3.74. The minimum Gasteiger partial charge on any atom is -0.451 e. The van der Waals surface area contributed by atoms with Gasteiger partial charge in [0, 0.05) is 37.7 Å². The lowest BCUT2D eigenvalue weighted by molar-refractivity contribution is 0.0497. The molecule has 1 aromatic heterocycles. The van der Waals surface area contributed by atoms with E-state index in [1.807, 2.05) is 49.9 Å². The molecule has 7 heteroatoms. The zero-order valence-corrected chi connectivity index (χ0v) is 17.6. The van der Waals surface area contributed by atoms with Crippen molar-refractivity contribution >= 4 is 23.0 Å². The minimum absolute atomic E-state index is 0.105. The van der Waals surface area contributed by atoms with Crippen LogP contribution in [0.25, 0.3) is 11.0 Å². The molecule has 1 aliphatic rings. The van der Waals surface area contributed by atoms with Gasteiger partial charge in [-0.3, -0.25) is 4.79 Å². The van der Waals surface area contributed by atoms with Gasteiger partial charge in [-0.05, 0) is 45.6 Å². The van der Waals surface area contributed by atoms with E-state index in [-0.39, 0.29) is 5.91 Å².